The maximum Gasteiger partial charge on any atom is 0.312 e. The summed E-state index contributed by atoms with van der Waals surface area (Å²) in [4.78, 5) is 24.3. The second-order valence-corrected chi connectivity index (χ2v) is 8.69. The molecule has 0 saturated heterocycles. The Hall–Kier alpha value is -2.50. The minimum atomic E-state index is -0.917. The van der Waals surface area contributed by atoms with Gasteiger partial charge in [-0.05, 0) is 59.7 Å². The number of rotatable bonds is 6. The molecule has 1 amide bonds. The van der Waals surface area contributed by atoms with E-state index in [0.29, 0.717) is 36.6 Å². The molecule has 0 fully saturated rings. The lowest BCUT2D eigenvalue weighted by Crippen LogP contribution is -2.30. The molecular formula is C20H22FIN6O2. The molecule has 0 unspecified atom stereocenters. The Morgan fingerprint density at radius 1 is 1.37 bits per heavy atom. The van der Waals surface area contributed by atoms with Crippen LogP contribution in [-0.4, -0.2) is 38.1 Å². The quantitative estimate of drug-likeness (QED) is 0.379. The second kappa shape index (κ2) is 8.32. The highest BCUT2D eigenvalue weighted by Gasteiger charge is 2.21. The Kier molecular flexibility index (Phi) is 5.76. The van der Waals surface area contributed by atoms with E-state index in [0.717, 1.165) is 21.3 Å². The largest absolute Gasteiger partial charge is 0.493 e. The Balaban J connectivity index is 1.71. The first-order valence-corrected chi connectivity index (χ1v) is 10.8. The van der Waals surface area contributed by atoms with Crippen molar-refractivity contribution in [2.24, 2.45) is 0 Å². The number of halogens is 2. The van der Waals surface area contributed by atoms with Gasteiger partial charge in [-0.3, -0.25) is 4.79 Å². The van der Waals surface area contributed by atoms with Crippen LogP contribution in [0, 0.1) is 9.65 Å². The first-order valence-electron chi connectivity index (χ1n) is 9.73. The molecule has 1 aliphatic rings. The SMILES string of the molecule is CC(C)NC(=O)CCn1c(Cc2cc3c(cc2I)CCO3)nc2c(N)nc(F)nc21. The third-order valence-corrected chi connectivity index (χ3v) is 5.90. The monoisotopic (exact) mass is 524 g/mol. The third-order valence-electron chi connectivity index (χ3n) is 4.89. The van der Waals surface area contributed by atoms with Gasteiger partial charge in [0, 0.05) is 35.4 Å². The first kappa shape index (κ1) is 20.8. The number of aromatic nitrogens is 4. The zero-order valence-corrected chi connectivity index (χ0v) is 18.9. The van der Waals surface area contributed by atoms with Crippen molar-refractivity contribution in [1.29, 1.82) is 0 Å². The van der Waals surface area contributed by atoms with Crippen molar-refractivity contribution in [2.45, 2.75) is 45.7 Å². The van der Waals surface area contributed by atoms with Gasteiger partial charge < -0.3 is 20.4 Å². The Morgan fingerprint density at radius 2 is 2.17 bits per heavy atom. The number of carbonyl (C=O) groups excluding carboxylic acids is 1. The Bertz CT molecular complexity index is 1130. The molecule has 3 aromatic rings. The number of nitrogens with one attached hydrogen (secondary N) is 1. The molecule has 0 radical (unpaired) electrons. The predicted octanol–water partition coefficient (Wildman–Crippen LogP) is 2.59. The highest BCUT2D eigenvalue weighted by atomic mass is 127. The lowest BCUT2D eigenvalue weighted by atomic mass is 10.1. The number of amides is 1. The van der Waals surface area contributed by atoms with Crippen LogP contribution in [0.25, 0.3) is 11.2 Å². The average Bonchev–Trinajstić information content (AvgIpc) is 3.24. The molecule has 0 atom stereocenters. The lowest BCUT2D eigenvalue weighted by Gasteiger charge is -2.12. The number of imidazole rings is 1. The van der Waals surface area contributed by atoms with Crippen LogP contribution in [-0.2, 0) is 24.2 Å². The summed E-state index contributed by atoms with van der Waals surface area (Å²) in [6.07, 6.45) is 0.672. The standard InChI is InChI=1S/C20H22FIN6O2/c1-10(2)24-16(29)3-5-28-15(25-17-18(23)26-20(21)27-19(17)28)9-12-8-14-11(4-6-30-14)7-13(12)22/h7-8,10H,3-6,9H2,1-2H3,(H,24,29)(H2,23,26,27). The van der Waals surface area contributed by atoms with Gasteiger partial charge in [0.25, 0.3) is 0 Å². The van der Waals surface area contributed by atoms with Gasteiger partial charge >= 0.3 is 6.08 Å². The number of nitrogens with zero attached hydrogens (tertiary/aromatic N) is 4. The number of hydrogen-bond acceptors (Lipinski definition) is 6. The van der Waals surface area contributed by atoms with E-state index in [1.54, 1.807) is 4.57 Å². The summed E-state index contributed by atoms with van der Waals surface area (Å²) in [5.74, 6) is 1.41. The zero-order chi connectivity index (χ0) is 21.4. The van der Waals surface area contributed by atoms with E-state index in [1.165, 1.54) is 5.56 Å². The summed E-state index contributed by atoms with van der Waals surface area (Å²) >= 11 is 2.30. The number of aryl methyl sites for hydroxylation is 1. The minimum Gasteiger partial charge on any atom is -0.493 e. The molecule has 1 aromatic carbocycles. The number of ether oxygens (including phenoxy) is 1. The summed E-state index contributed by atoms with van der Waals surface area (Å²) in [5, 5.41) is 2.86. The Morgan fingerprint density at radius 3 is 2.93 bits per heavy atom. The molecule has 30 heavy (non-hydrogen) atoms. The molecule has 1 aliphatic heterocycles. The minimum absolute atomic E-state index is 0.0175. The molecule has 8 nitrogen and oxygen atoms in total. The molecule has 10 heteroatoms. The van der Waals surface area contributed by atoms with Gasteiger partial charge in [-0.1, -0.05) is 0 Å². The van der Waals surface area contributed by atoms with Crippen LogP contribution in [0.1, 0.15) is 37.2 Å². The third kappa shape index (κ3) is 4.18. The van der Waals surface area contributed by atoms with Gasteiger partial charge in [0.2, 0.25) is 5.91 Å². The number of benzene rings is 1. The summed E-state index contributed by atoms with van der Waals surface area (Å²) in [6.45, 7) is 4.79. The fraction of sp³-hybridized carbons (Fsp3) is 0.400. The van der Waals surface area contributed by atoms with Gasteiger partial charge in [-0.25, -0.2) is 4.98 Å². The molecule has 3 heterocycles. The van der Waals surface area contributed by atoms with Crippen LogP contribution in [0.4, 0.5) is 10.2 Å². The molecule has 2 aromatic heterocycles. The summed E-state index contributed by atoms with van der Waals surface area (Å²) in [5.41, 5.74) is 8.75. The maximum absolute atomic E-state index is 13.9. The number of nitrogen functional groups attached to an aromatic ring is 1. The molecule has 3 N–H and O–H groups in total. The fourth-order valence-corrected chi connectivity index (χ4v) is 4.28. The summed E-state index contributed by atoms with van der Waals surface area (Å²) < 4.78 is 22.4. The van der Waals surface area contributed by atoms with Crippen molar-refractivity contribution in [2.75, 3.05) is 12.3 Å². The van der Waals surface area contributed by atoms with E-state index in [4.69, 9.17) is 10.5 Å². The van der Waals surface area contributed by atoms with Gasteiger partial charge in [-0.15, -0.1) is 0 Å². The number of fused-ring (bicyclic) bond motifs is 2. The number of hydrogen-bond donors (Lipinski definition) is 2. The molecule has 0 bridgehead atoms. The van der Waals surface area contributed by atoms with Crippen molar-refractivity contribution in [1.82, 2.24) is 24.8 Å². The average molecular weight is 524 g/mol. The van der Waals surface area contributed by atoms with Crippen LogP contribution in [0.3, 0.4) is 0 Å². The van der Waals surface area contributed by atoms with Crippen LogP contribution in [0.5, 0.6) is 5.75 Å². The van der Waals surface area contributed by atoms with E-state index < -0.39 is 6.08 Å². The van der Waals surface area contributed by atoms with E-state index in [2.05, 4.69) is 48.9 Å². The summed E-state index contributed by atoms with van der Waals surface area (Å²) in [6, 6.07) is 4.18. The van der Waals surface area contributed by atoms with E-state index in [-0.39, 0.29) is 24.2 Å². The van der Waals surface area contributed by atoms with Gasteiger partial charge in [0.05, 0.1) is 6.61 Å². The fourth-order valence-electron chi connectivity index (χ4n) is 3.56. The molecule has 158 valence electrons. The molecule has 0 spiro atoms. The molecule has 0 saturated carbocycles. The van der Waals surface area contributed by atoms with Gasteiger partial charge in [0.1, 0.15) is 11.6 Å². The summed E-state index contributed by atoms with van der Waals surface area (Å²) in [7, 11) is 0. The van der Waals surface area contributed by atoms with Crippen LogP contribution < -0.4 is 15.8 Å². The second-order valence-electron chi connectivity index (χ2n) is 7.53. The Labute approximate surface area is 186 Å². The smallest absolute Gasteiger partial charge is 0.312 e. The predicted molar refractivity (Wildman–Crippen MR) is 119 cm³/mol. The highest BCUT2D eigenvalue weighted by Crippen LogP contribution is 2.31. The normalized spacial score (nSPS) is 13.0. The van der Waals surface area contributed by atoms with Crippen LogP contribution >= 0.6 is 22.6 Å². The number of carbonyl (C=O) groups is 1. The number of nitrogens with two attached hydrogens (primary N) is 1. The van der Waals surface area contributed by atoms with Gasteiger partial charge in [0.15, 0.2) is 17.0 Å². The molecule has 4 rings (SSSR count). The van der Waals surface area contributed by atoms with Crippen molar-refractivity contribution in [3.05, 3.63) is 38.7 Å². The van der Waals surface area contributed by atoms with Crippen molar-refractivity contribution in [3.8, 4) is 5.75 Å². The van der Waals surface area contributed by atoms with E-state index in [1.807, 2.05) is 19.9 Å². The number of anilines is 1. The van der Waals surface area contributed by atoms with Crippen molar-refractivity contribution < 1.29 is 13.9 Å². The lowest BCUT2D eigenvalue weighted by molar-refractivity contribution is -0.121. The topological polar surface area (TPSA) is 108 Å². The highest BCUT2D eigenvalue weighted by molar-refractivity contribution is 14.1. The van der Waals surface area contributed by atoms with E-state index >= 15 is 0 Å². The van der Waals surface area contributed by atoms with Crippen LogP contribution in [0.2, 0.25) is 0 Å². The van der Waals surface area contributed by atoms with Crippen molar-refractivity contribution >= 4 is 45.5 Å². The molecule has 0 aliphatic carbocycles. The zero-order valence-electron chi connectivity index (χ0n) is 16.7. The van der Waals surface area contributed by atoms with Crippen LogP contribution in [0.15, 0.2) is 12.1 Å². The maximum atomic E-state index is 13.9. The van der Waals surface area contributed by atoms with Gasteiger partial charge in [-0.2, -0.15) is 14.4 Å². The van der Waals surface area contributed by atoms with E-state index in [9.17, 15) is 9.18 Å². The molecular weight excluding hydrogens is 502 g/mol. The first-order chi connectivity index (χ1) is 14.3. The van der Waals surface area contributed by atoms with Crippen molar-refractivity contribution in [3.63, 3.8) is 0 Å².